The Morgan fingerprint density at radius 1 is 1.05 bits per heavy atom. The molecule has 1 saturated heterocycles. The second-order valence-corrected chi connectivity index (χ2v) is 4.98. The van der Waals surface area contributed by atoms with Gasteiger partial charge in [-0.1, -0.05) is 42.5 Å². The molecule has 3 rings (SSSR count). The summed E-state index contributed by atoms with van der Waals surface area (Å²) in [5, 5.41) is 12.3. The fraction of sp³-hybridized carbons (Fsp3) is 0.250. The maximum Gasteiger partial charge on any atom is 0.255 e. The first kappa shape index (κ1) is 13.7. The van der Waals surface area contributed by atoms with E-state index in [9.17, 15) is 14.7 Å². The average Bonchev–Trinajstić information content (AvgIpc) is 2.50. The van der Waals surface area contributed by atoms with Crippen molar-refractivity contribution in [2.75, 3.05) is 19.8 Å². The first-order valence-electron chi connectivity index (χ1n) is 6.73. The molecular formula is C16H15NO4. The molecule has 1 heterocycles. The number of rotatable bonds is 3. The van der Waals surface area contributed by atoms with Gasteiger partial charge in [0.1, 0.15) is 13.2 Å². The van der Waals surface area contributed by atoms with E-state index in [4.69, 9.17) is 4.74 Å². The number of carbonyl (C=O) groups excluding carboxylic acids is 2. The number of morpholine rings is 1. The quantitative estimate of drug-likeness (QED) is 0.862. The minimum absolute atomic E-state index is 0.0466. The van der Waals surface area contributed by atoms with Gasteiger partial charge in [0.05, 0.1) is 12.6 Å². The molecule has 1 atom stereocenters. The standard InChI is InChI=1S/C16H15NO4/c18-14(8-17-15(19)9-21-10-16(17)20)13-7-3-5-11-4-1-2-6-12(11)13/h1-7,14,18H,8-10H2. The summed E-state index contributed by atoms with van der Waals surface area (Å²) in [5.41, 5.74) is 0.709. The molecule has 1 aliphatic heterocycles. The minimum atomic E-state index is -0.915. The minimum Gasteiger partial charge on any atom is -0.387 e. The molecule has 0 aliphatic carbocycles. The Bertz CT molecular complexity index is 676. The molecule has 1 N–H and O–H groups in total. The predicted octanol–water partition coefficient (Wildman–Crippen LogP) is 1.26. The van der Waals surface area contributed by atoms with Crippen molar-refractivity contribution in [3.8, 4) is 0 Å². The summed E-state index contributed by atoms with van der Waals surface area (Å²) in [4.78, 5) is 24.5. The molecule has 108 valence electrons. The Morgan fingerprint density at radius 2 is 1.71 bits per heavy atom. The highest BCUT2D eigenvalue weighted by Crippen LogP contribution is 2.25. The van der Waals surface area contributed by atoms with Gasteiger partial charge in [-0.3, -0.25) is 14.5 Å². The van der Waals surface area contributed by atoms with Gasteiger partial charge in [0, 0.05) is 0 Å². The molecule has 0 spiro atoms. The van der Waals surface area contributed by atoms with Crippen LogP contribution in [0.3, 0.4) is 0 Å². The number of amides is 2. The van der Waals surface area contributed by atoms with Crippen LogP contribution in [0, 0.1) is 0 Å². The Kier molecular flexibility index (Phi) is 3.68. The van der Waals surface area contributed by atoms with E-state index in [1.807, 2.05) is 42.5 Å². The molecule has 5 nitrogen and oxygen atoms in total. The Hall–Kier alpha value is -2.24. The SMILES string of the molecule is O=C1COCC(=O)N1CC(O)c1cccc2ccccc12. The number of fused-ring (bicyclic) bond motifs is 1. The van der Waals surface area contributed by atoms with E-state index in [2.05, 4.69) is 0 Å². The van der Waals surface area contributed by atoms with Gasteiger partial charge in [-0.2, -0.15) is 0 Å². The molecule has 2 aromatic carbocycles. The molecule has 0 aromatic heterocycles. The van der Waals surface area contributed by atoms with Gasteiger partial charge in [0.25, 0.3) is 11.8 Å². The maximum atomic E-state index is 11.7. The molecule has 0 radical (unpaired) electrons. The Morgan fingerprint density at radius 3 is 2.48 bits per heavy atom. The maximum absolute atomic E-state index is 11.7. The monoisotopic (exact) mass is 285 g/mol. The van der Waals surface area contributed by atoms with Crippen molar-refractivity contribution in [2.45, 2.75) is 6.10 Å². The molecular weight excluding hydrogens is 270 g/mol. The van der Waals surface area contributed by atoms with Crippen molar-refractivity contribution in [1.82, 2.24) is 4.90 Å². The Labute approximate surface area is 121 Å². The van der Waals surface area contributed by atoms with Crippen molar-refractivity contribution in [3.05, 3.63) is 48.0 Å². The number of hydrogen-bond acceptors (Lipinski definition) is 4. The zero-order valence-corrected chi connectivity index (χ0v) is 11.4. The van der Waals surface area contributed by atoms with E-state index in [0.717, 1.165) is 15.7 Å². The Balaban J connectivity index is 1.88. The van der Waals surface area contributed by atoms with Crippen LogP contribution in [0.4, 0.5) is 0 Å². The number of hydrogen-bond donors (Lipinski definition) is 1. The summed E-state index contributed by atoms with van der Waals surface area (Å²) in [6.07, 6.45) is -0.915. The lowest BCUT2D eigenvalue weighted by atomic mass is 10.00. The van der Waals surface area contributed by atoms with Crippen LogP contribution < -0.4 is 0 Å². The number of aliphatic hydroxyl groups is 1. The summed E-state index contributed by atoms with van der Waals surface area (Å²) < 4.78 is 4.86. The number of carbonyl (C=O) groups is 2. The molecule has 5 heteroatoms. The highest BCUT2D eigenvalue weighted by molar-refractivity contribution is 5.98. The van der Waals surface area contributed by atoms with Crippen LogP contribution in [0.5, 0.6) is 0 Å². The highest BCUT2D eigenvalue weighted by atomic mass is 16.5. The van der Waals surface area contributed by atoms with Crippen molar-refractivity contribution in [3.63, 3.8) is 0 Å². The van der Waals surface area contributed by atoms with Crippen molar-refractivity contribution in [2.24, 2.45) is 0 Å². The predicted molar refractivity (Wildman–Crippen MR) is 76.4 cm³/mol. The van der Waals surface area contributed by atoms with Crippen LogP contribution in [0.25, 0.3) is 10.8 Å². The van der Waals surface area contributed by atoms with Gasteiger partial charge in [-0.25, -0.2) is 0 Å². The lowest BCUT2D eigenvalue weighted by molar-refractivity contribution is -0.160. The zero-order valence-electron chi connectivity index (χ0n) is 11.4. The molecule has 2 amide bonds. The van der Waals surface area contributed by atoms with Crippen LogP contribution >= 0.6 is 0 Å². The molecule has 0 saturated carbocycles. The molecule has 1 aliphatic rings. The van der Waals surface area contributed by atoms with Crippen molar-refractivity contribution < 1.29 is 19.4 Å². The number of imide groups is 1. The fourth-order valence-electron chi connectivity index (χ4n) is 2.54. The first-order valence-corrected chi connectivity index (χ1v) is 6.73. The summed E-state index contributed by atoms with van der Waals surface area (Å²) in [6, 6.07) is 13.3. The van der Waals surface area contributed by atoms with Crippen LogP contribution in [-0.4, -0.2) is 41.6 Å². The molecule has 1 fully saturated rings. The third-order valence-corrected chi connectivity index (χ3v) is 3.59. The number of ether oxygens (including phenoxy) is 1. The average molecular weight is 285 g/mol. The van der Waals surface area contributed by atoms with Gasteiger partial charge in [-0.05, 0) is 16.3 Å². The third-order valence-electron chi connectivity index (χ3n) is 3.59. The van der Waals surface area contributed by atoms with E-state index in [-0.39, 0.29) is 19.8 Å². The van der Waals surface area contributed by atoms with Gasteiger partial charge in [0.15, 0.2) is 0 Å². The normalized spacial score (nSPS) is 17.3. The molecule has 21 heavy (non-hydrogen) atoms. The van der Waals surface area contributed by atoms with Gasteiger partial charge in [-0.15, -0.1) is 0 Å². The fourth-order valence-corrected chi connectivity index (χ4v) is 2.54. The van der Waals surface area contributed by atoms with E-state index >= 15 is 0 Å². The van der Waals surface area contributed by atoms with Gasteiger partial charge in [0.2, 0.25) is 0 Å². The number of aliphatic hydroxyl groups excluding tert-OH is 1. The van der Waals surface area contributed by atoms with Crippen LogP contribution in [-0.2, 0) is 14.3 Å². The lowest BCUT2D eigenvalue weighted by Gasteiger charge is -2.27. The summed E-state index contributed by atoms with van der Waals surface area (Å²) in [6.45, 7) is -0.281. The smallest absolute Gasteiger partial charge is 0.255 e. The van der Waals surface area contributed by atoms with E-state index in [1.165, 1.54) is 0 Å². The number of nitrogens with zero attached hydrogens (tertiary/aromatic N) is 1. The lowest BCUT2D eigenvalue weighted by Crippen LogP contribution is -2.47. The van der Waals surface area contributed by atoms with Crippen LogP contribution in [0.15, 0.2) is 42.5 Å². The topological polar surface area (TPSA) is 66.8 Å². The van der Waals surface area contributed by atoms with Gasteiger partial charge < -0.3 is 9.84 Å². The van der Waals surface area contributed by atoms with E-state index in [0.29, 0.717) is 5.56 Å². The van der Waals surface area contributed by atoms with Crippen molar-refractivity contribution in [1.29, 1.82) is 0 Å². The number of β-amino-alcohol motifs (C(OH)–C–C–N with tert-alkyl or cyclic N) is 1. The molecule has 1 unspecified atom stereocenters. The second-order valence-electron chi connectivity index (χ2n) is 4.98. The first-order chi connectivity index (χ1) is 10.2. The second kappa shape index (κ2) is 5.63. The molecule has 2 aromatic rings. The molecule has 0 bridgehead atoms. The van der Waals surface area contributed by atoms with Gasteiger partial charge >= 0.3 is 0 Å². The van der Waals surface area contributed by atoms with Crippen LogP contribution in [0.2, 0.25) is 0 Å². The van der Waals surface area contributed by atoms with E-state index < -0.39 is 17.9 Å². The summed E-state index contributed by atoms with van der Waals surface area (Å²) >= 11 is 0. The largest absolute Gasteiger partial charge is 0.387 e. The third kappa shape index (κ3) is 2.66. The van der Waals surface area contributed by atoms with Crippen LogP contribution in [0.1, 0.15) is 11.7 Å². The summed E-state index contributed by atoms with van der Waals surface area (Å²) in [7, 11) is 0. The zero-order chi connectivity index (χ0) is 14.8. The highest BCUT2D eigenvalue weighted by Gasteiger charge is 2.29. The van der Waals surface area contributed by atoms with Crippen molar-refractivity contribution >= 4 is 22.6 Å². The number of benzene rings is 2. The van der Waals surface area contributed by atoms with E-state index in [1.54, 1.807) is 0 Å². The summed E-state index contributed by atoms with van der Waals surface area (Å²) in [5.74, 6) is -0.823.